The second-order valence-corrected chi connectivity index (χ2v) is 6.57. The van der Waals surface area contributed by atoms with Crippen LogP contribution in [-0.2, 0) is 45.7 Å². The summed E-state index contributed by atoms with van der Waals surface area (Å²) in [5.41, 5.74) is 10.3. The van der Waals surface area contributed by atoms with Gasteiger partial charge < -0.3 is 20.2 Å². The summed E-state index contributed by atoms with van der Waals surface area (Å²) in [4.78, 5) is 14.7. The van der Waals surface area contributed by atoms with Gasteiger partial charge in [0, 0.05) is 68.4 Å². The molecule has 3 rings (SSSR count). The van der Waals surface area contributed by atoms with Gasteiger partial charge in [-0.3, -0.25) is 5.14 Å². The van der Waals surface area contributed by atoms with Crippen LogP contribution in [0.25, 0.3) is 11.0 Å². The van der Waals surface area contributed by atoms with Gasteiger partial charge in [-0.15, -0.1) is 12.8 Å². The molecule has 0 aliphatic rings. The van der Waals surface area contributed by atoms with E-state index in [1.165, 1.54) is 6.07 Å². The summed E-state index contributed by atoms with van der Waals surface area (Å²) in [7, 11) is 3.91. The van der Waals surface area contributed by atoms with Crippen molar-refractivity contribution in [3.05, 3.63) is 69.1 Å². The number of nitrogens with zero attached hydrogens (tertiary/aromatic N) is 1. The summed E-state index contributed by atoms with van der Waals surface area (Å²) in [5, 5.41) is 14.7. The normalized spacial score (nSPS) is 10.4. The van der Waals surface area contributed by atoms with Gasteiger partial charge >= 0.3 is 5.63 Å². The number of aromatic hydroxyl groups is 1. The molecule has 5 N–H and O–H groups in total. The third-order valence-electron chi connectivity index (χ3n) is 4.43. The molecule has 0 unspecified atom stereocenters. The third-order valence-corrected chi connectivity index (χ3v) is 4.43. The van der Waals surface area contributed by atoms with E-state index in [2.05, 4.69) is 18.0 Å². The Morgan fingerprint density at radius 2 is 1.82 bits per heavy atom. The molecule has 0 saturated heterocycles. The Bertz CT molecular complexity index is 1010. The van der Waals surface area contributed by atoms with Gasteiger partial charge in [0.15, 0.2) is 0 Å². The molecule has 2 aromatic carbocycles. The molecular formula is C20H25N3O3SY. The molecule has 0 saturated carbocycles. The largest absolute Gasteiger partial charge is 0.508 e. The van der Waals surface area contributed by atoms with Crippen molar-refractivity contribution in [2.24, 2.45) is 5.14 Å². The molecule has 0 aliphatic heterocycles. The molecule has 0 fully saturated rings. The van der Waals surface area contributed by atoms with Crippen molar-refractivity contribution in [3.8, 4) is 5.75 Å². The number of hydrogen-bond acceptors (Lipinski definition) is 7. The van der Waals surface area contributed by atoms with Crippen LogP contribution in [0.4, 0.5) is 5.69 Å². The maximum absolute atomic E-state index is 12.6. The van der Waals surface area contributed by atoms with Crippen LogP contribution in [0.15, 0.2) is 45.6 Å². The number of fused-ring (bicyclic) bond motifs is 1. The Morgan fingerprint density at radius 3 is 2.46 bits per heavy atom. The summed E-state index contributed by atoms with van der Waals surface area (Å²) in [6.07, 6.45) is 0.458. The van der Waals surface area contributed by atoms with Crippen LogP contribution in [0.5, 0.6) is 5.75 Å². The van der Waals surface area contributed by atoms with Crippen LogP contribution in [0, 0.1) is 6.92 Å². The first-order valence-corrected chi connectivity index (χ1v) is 8.90. The minimum absolute atomic E-state index is 0. The number of anilines is 1. The first kappa shape index (κ1) is 24.7. The predicted octanol–water partition coefficient (Wildman–Crippen LogP) is 2.83. The summed E-state index contributed by atoms with van der Waals surface area (Å²) < 4.78 is 5.47. The molecule has 8 heteroatoms. The van der Waals surface area contributed by atoms with Crippen molar-refractivity contribution in [1.82, 2.24) is 4.90 Å². The van der Waals surface area contributed by atoms with Crippen molar-refractivity contribution in [3.63, 3.8) is 0 Å². The fraction of sp³-hybridized carbons (Fsp3) is 0.250. The van der Waals surface area contributed by atoms with Gasteiger partial charge in [-0.1, -0.05) is 12.1 Å². The fourth-order valence-corrected chi connectivity index (χ4v) is 3.05. The SMILES string of the molecule is Cc1c(N)cccc1Cc1c(CN(C)C)c2ccc(O)cc2oc1=O.NS.[Y]. The minimum Gasteiger partial charge on any atom is -0.508 e. The maximum Gasteiger partial charge on any atom is 0.340 e. The van der Waals surface area contributed by atoms with E-state index in [4.69, 9.17) is 10.2 Å². The van der Waals surface area contributed by atoms with E-state index in [1.807, 2.05) is 44.1 Å². The van der Waals surface area contributed by atoms with Crippen LogP contribution in [0.2, 0.25) is 0 Å². The number of hydrogen-bond donors (Lipinski definition) is 4. The second kappa shape index (κ2) is 11.0. The van der Waals surface area contributed by atoms with Crippen LogP contribution < -0.4 is 16.5 Å². The number of rotatable bonds is 4. The first-order valence-electron chi connectivity index (χ1n) is 8.39. The Morgan fingerprint density at radius 1 is 1.14 bits per heavy atom. The van der Waals surface area contributed by atoms with E-state index < -0.39 is 0 Å². The molecule has 3 aromatic rings. The molecular weight excluding hydrogens is 451 g/mol. The van der Waals surface area contributed by atoms with E-state index in [-0.39, 0.29) is 44.1 Å². The molecule has 0 amide bonds. The van der Waals surface area contributed by atoms with E-state index in [0.717, 1.165) is 22.1 Å². The smallest absolute Gasteiger partial charge is 0.340 e. The zero-order valence-electron chi connectivity index (χ0n) is 16.3. The van der Waals surface area contributed by atoms with Gasteiger partial charge in [0.2, 0.25) is 0 Å². The summed E-state index contributed by atoms with van der Waals surface area (Å²) in [5.74, 6) is 0.0749. The van der Waals surface area contributed by atoms with E-state index >= 15 is 0 Å². The summed E-state index contributed by atoms with van der Waals surface area (Å²) in [6, 6.07) is 10.6. The number of nitrogen functional groups attached to an aromatic ring is 1. The Labute approximate surface area is 195 Å². The number of phenolic OH excluding ortho intramolecular Hbond substituents is 1. The molecule has 1 radical (unpaired) electrons. The predicted molar refractivity (Wildman–Crippen MR) is 113 cm³/mol. The first-order chi connectivity index (χ1) is 12.9. The number of nitrogens with two attached hydrogens (primary N) is 2. The van der Waals surface area contributed by atoms with Gasteiger partial charge in [0.1, 0.15) is 11.3 Å². The molecule has 1 heterocycles. The quantitative estimate of drug-likeness (QED) is 0.262. The van der Waals surface area contributed by atoms with Gasteiger partial charge in [0.25, 0.3) is 0 Å². The number of phenols is 1. The average molecular weight is 476 g/mol. The second-order valence-electron chi connectivity index (χ2n) is 6.57. The molecule has 6 nitrogen and oxygen atoms in total. The average Bonchev–Trinajstić information content (AvgIpc) is 2.62. The topological polar surface area (TPSA) is 106 Å². The maximum atomic E-state index is 12.6. The van der Waals surface area contributed by atoms with Gasteiger partial charge in [-0.05, 0) is 55.9 Å². The van der Waals surface area contributed by atoms with Crippen LogP contribution in [0.3, 0.4) is 0 Å². The Hall–Kier alpha value is -1.38. The van der Waals surface area contributed by atoms with Crippen molar-refractivity contribution >= 4 is 29.5 Å². The van der Waals surface area contributed by atoms with Crippen LogP contribution >= 0.6 is 12.8 Å². The van der Waals surface area contributed by atoms with E-state index in [1.54, 1.807) is 12.1 Å². The minimum atomic E-state index is -0.378. The van der Waals surface area contributed by atoms with E-state index in [9.17, 15) is 9.90 Å². The molecule has 1 aromatic heterocycles. The van der Waals surface area contributed by atoms with Crippen molar-refractivity contribution in [1.29, 1.82) is 0 Å². The third kappa shape index (κ3) is 5.58. The van der Waals surface area contributed by atoms with Gasteiger partial charge in [-0.2, -0.15) is 0 Å². The summed E-state index contributed by atoms with van der Waals surface area (Å²) in [6.45, 7) is 2.56. The molecule has 147 valence electrons. The van der Waals surface area contributed by atoms with Crippen molar-refractivity contribution in [2.75, 3.05) is 19.8 Å². The van der Waals surface area contributed by atoms with Crippen molar-refractivity contribution in [2.45, 2.75) is 19.9 Å². The standard InChI is InChI=1S/C20H22N2O3.H3NS.Y/c1-12-13(5-4-6-18(12)21)9-16-17(11-22(2)3)15-8-7-14(23)10-19(15)25-20(16)24;1-2;/h4-8,10,23H,9,11,21H2,1-3H3;2H,1H2;. The number of benzene rings is 2. The monoisotopic (exact) mass is 476 g/mol. The molecule has 0 bridgehead atoms. The fourth-order valence-electron chi connectivity index (χ4n) is 3.05. The Kier molecular flexibility index (Phi) is 9.67. The molecule has 28 heavy (non-hydrogen) atoms. The Balaban J connectivity index is 0.00000127. The van der Waals surface area contributed by atoms with Crippen LogP contribution in [-0.4, -0.2) is 24.1 Å². The zero-order valence-corrected chi connectivity index (χ0v) is 20.0. The molecule has 0 aliphatic carbocycles. The van der Waals surface area contributed by atoms with Gasteiger partial charge in [0.05, 0.1) is 0 Å². The molecule has 0 atom stereocenters. The van der Waals surface area contributed by atoms with E-state index in [0.29, 0.717) is 29.8 Å². The van der Waals surface area contributed by atoms with Crippen LogP contribution in [0.1, 0.15) is 22.3 Å². The number of thiol groups is 1. The van der Waals surface area contributed by atoms with Crippen molar-refractivity contribution < 1.29 is 42.2 Å². The van der Waals surface area contributed by atoms with Gasteiger partial charge in [-0.25, -0.2) is 4.79 Å². The zero-order chi connectivity index (χ0) is 20.1. The molecule has 0 spiro atoms. The summed E-state index contributed by atoms with van der Waals surface area (Å²) >= 11 is 3.03.